The van der Waals surface area contributed by atoms with Crippen molar-refractivity contribution in [3.8, 4) is 0 Å². The normalized spacial score (nSPS) is 18.3. The number of hydrogen-bond donors (Lipinski definition) is 2. The van der Waals surface area contributed by atoms with Gasteiger partial charge in [-0.1, -0.05) is 12.1 Å². The molecule has 5 nitrogen and oxygen atoms in total. The molecule has 1 aliphatic rings. The number of hydrogen-bond acceptors (Lipinski definition) is 5. The quantitative estimate of drug-likeness (QED) is 0.808. The number of rotatable bonds is 3. The lowest BCUT2D eigenvalue weighted by atomic mass is 10.1. The highest BCUT2D eigenvalue weighted by atomic mass is 19.1. The number of halogens is 1. The second-order valence-electron chi connectivity index (χ2n) is 4.04. The summed E-state index contributed by atoms with van der Waals surface area (Å²) in [5.41, 5.74) is 0.316. The summed E-state index contributed by atoms with van der Waals surface area (Å²) in [5, 5.41) is 14.4. The zero-order valence-electron chi connectivity index (χ0n) is 9.80. The molecule has 0 amide bonds. The number of hydroxylamine groups is 2. The van der Waals surface area contributed by atoms with Crippen LogP contribution in [0.1, 0.15) is 11.7 Å². The summed E-state index contributed by atoms with van der Waals surface area (Å²) in [4.78, 5) is 16.7. The molecule has 0 radical (unpaired) electrons. The van der Waals surface area contributed by atoms with E-state index in [9.17, 15) is 14.3 Å². The van der Waals surface area contributed by atoms with E-state index in [2.05, 4.69) is 5.32 Å². The van der Waals surface area contributed by atoms with E-state index in [4.69, 9.17) is 4.84 Å². The highest BCUT2D eigenvalue weighted by Gasteiger charge is 2.23. The van der Waals surface area contributed by atoms with Gasteiger partial charge in [0.2, 0.25) is 0 Å². The van der Waals surface area contributed by atoms with Gasteiger partial charge in [0.1, 0.15) is 5.82 Å². The number of nitrogens with zero attached hydrogens (tertiary/aromatic N) is 1. The minimum absolute atomic E-state index is 0.316. The van der Waals surface area contributed by atoms with Crippen LogP contribution in [0.3, 0.4) is 0 Å². The van der Waals surface area contributed by atoms with Crippen LogP contribution in [0.25, 0.3) is 0 Å². The van der Waals surface area contributed by atoms with Gasteiger partial charge in [-0.15, -0.1) is 5.06 Å². The zero-order valence-corrected chi connectivity index (χ0v) is 9.80. The van der Waals surface area contributed by atoms with Gasteiger partial charge in [0.05, 0.1) is 0 Å². The van der Waals surface area contributed by atoms with Crippen LogP contribution in [-0.4, -0.2) is 42.3 Å². The molecule has 1 atom stereocenters. The Hall–Kier alpha value is -1.50. The summed E-state index contributed by atoms with van der Waals surface area (Å²) in [7, 11) is 0. The number of carbonyl (C=O) groups is 1. The van der Waals surface area contributed by atoms with Gasteiger partial charge in [0, 0.05) is 26.2 Å². The lowest BCUT2D eigenvalue weighted by Crippen LogP contribution is -2.44. The first kappa shape index (κ1) is 12.9. The Morgan fingerprint density at radius 3 is 2.56 bits per heavy atom. The minimum atomic E-state index is -1.39. The predicted octanol–water partition coefficient (Wildman–Crippen LogP) is 0.222. The number of aliphatic hydroxyl groups is 1. The predicted molar refractivity (Wildman–Crippen MR) is 61.9 cm³/mol. The molecule has 1 aromatic rings. The Bertz CT molecular complexity index is 404. The summed E-state index contributed by atoms with van der Waals surface area (Å²) in [5.74, 6) is -1.16. The first-order valence-corrected chi connectivity index (χ1v) is 5.78. The van der Waals surface area contributed by atoms with Crippen LogP contribution in [0.15, 0.2) is 24.3 Å². The maximum absolute atomic E-state index is 12.7. The van der Waals surface area contributed by atoms with Gasteiger partial charge < -0.3 is 15.3 Å². The molecule has 6 heteroatoms. The topological polar surface area (TPSA) is 61.8 Å². The number of benzene rings is 1. The van der Waals surface area contributed by atoms with E-state index in [1.165, 1.54) is 29.3 Å². The Kier molecular flexibility index (Phi) is 4.24. The van der Waals surface area contributed by atoms with Crippen molar-refractivity contribution in [2.75, 3.05) is 26.2 Å². The van der Waals surface area contributed by atoms with Gasteiger partial charge >= 0.3 is 5.97 Å². The van der Waals surface area contributed by atoms with Crippen molar-refractivity contribution < 1.29 is 19.1 Å². The van der Waals surface area contributed by atoms with Crippen molar-refractivity contribution in [3.63, 3.8) is 0 Å². The van der Waals surface area contributed by atoms with E-state index < -0.39 is 17.9 Å². The van der Waals surface area contributed by atoms with Crippen LogP contribution in [0.5, 0.6) is 0 Å². The largest absolute Gasteiger partial charge is 0.377 e. The van der Waals surface area contributed by atoms with Gasteiger partial charge in [-0.25, -0.2) is 9.18 Å². The van der Waals surface area contributed by atoms with Crippen LogP contribution in [0, 0.1) is 5.82 Å². The van der Waals surface area contributed by atoms with E-state index in [1.54, 1.807) is 0 Å². The molecular formula is C12H15FN2O3. The molecule has 2 N–H and O–H groups in total. The van der Waals surface area contributed by atoms with E-state index in [-0.39, 0.29) is 0 Å². The van der Waals surface area contributed by atoms with Crippen molar-refractivity contribution >= 4 is 5.97 Å². The van der Waals surface area contributed by atoms with Crippen LogP contribution in [-0.2, 0) is 9.63 Å². The molecule has 1 aromatic carbocycles. The number of piperazine rings is 1. The fraction of sp³-hybridized carbons (Fsp3) is 0.417. The Balaban J connectivity index is 1.93. The van der Waals surface area contributed by atoms with Gasteiger partial charge in [0.15, 0.2) is 6.10 Å². The van der Waals surface area contributed by atoms with Crippen molar-refractivity contribution in [2.24, 2.45) is 0 Å². The highest BCUT2D eigenvalue weighted by molar-refractivity contribution is 5.75. The fourth-order valence-corrected chi connectivity index (χ4v) is 1.69. The van der Waals surface area contributed by atoms with Crippen molar-refractivity contribution in [3.05, 3.63) is 35.6 Å². The first-order chi connectivity index (χ1) is 8.66. The van der Waals surface area contributed by atoms with Crippen molar-refractivity contribution in [1.29, 1.82) is 0 Å². The Labute approximate surface area is 104 Å². The second-order valence-corrected chi connectivity index (χ2v) is 4.04. The standard InChI is InChI=1S/C12H15FN2O3/c13-10-3-1-9(2-4-10)11(16)12(17)18-15-7-5-14-6-8-15/h1-4,11,14,16H,5-8H2. The van der Waals surface area contributed by atoms with Gasteiger partial charge in [-0.3, -0.25) is 0 Å². The summed E-state index contributed by atoms with van der Waals surface area (Å²) in [6, 6.07) is 5.10. The van der Waals surface area contributed by atoms with Gasteiger partial charge in [-0.05, 0) is 17.7 Å². The monoisotopic (exact) mass is 254 g/mol. The molecule has 1 saturated heterocycles. The van der Waals surface area contributed by atoms with Crippen LogP contribution in [0.4, 0.5) is 4.39 Å². The van der Waals surface area contributed by atoms with E-state index >= 15 is 0 Å². The molecule has 18 heavy (non-hydrogen) atoms. The molecule has 0 spiro atoms. The molecule has 0 saturated carbocycles. The third-order valence-corrected chi connectivity index (χ3v) is 2.70. The summed E-state index contributed by atoms with van der Waals surface area (Å²) in [6.45, 7) is 2.64. The van der Waals surface area contributed by atoms with Crippen LogP contribution < -0.4 is 5.32 Å². The smallest absolute Gasteiger partial charge is 0.358 e. The molecule has 1 aliphatic heterocycles. The average Bonchev–Trinajstić information content (AvgIpc) is 2.40. The molecule has 0 aliphatic carbocycles. The third-order valence-electron chi connectivity index (χ3n) is 2.70. The maximum atomic E-state index is 12.7. The minimum Gasteiger partial charge on any atom is -0.377 e. The molecular weight excluding hydrogens is 239 g/mol. The number of carbonyl (C=O) groups excluding carboxylic acids is 1. The maximum Gasteiger partial charge on any atom is 0.358 e. The molecule has 1 unspecified atom stereocenters. The lowest BCUT2D eigenvalue weighted by molar-refractivity contribution is -0.202. The zero-order chi connectivity index (χ0) is 13.0. The fourth-order valence-electron chi connectivity index (χ4n) is 1.69. The third kappa shape index (κ3) is 3.25. The Morgan fingerprint density at radius 2 is 1.94 bits per heavy atom. The lowest BCUT2D eigenvalue weighted by Gasteiger charge is -2.26. The summed E-state index contributed by atoms with van der Waals surface area (Å²) in [6.07, 6.45) is -1.39. The molecule has 98 valence electrons. The molecule has 0 bridgehead atoms. The van der Waals surface area contributed by atoms with E-state index in [0.29, 0.717) is 18.7 Å². The van der Waals surface area contributed by atoms with E-state index in [0.717, 1.165) is 13.1 Å². The van der Waals surface area contributed by atoms with Gasteiger partial charge in [0.25, 0.3) is 0 Å². The van der Waals surface area contributed by atoms with Crippen molar-refractivity contribution in [1.82, 2.24) is 10.4 Å². The highest BCUT2D eigenvalue weighted by Crippen LogP contribution is 2.15. The number of aliphatic hydroxyl groups excluding tert-OH is 1. The van der Waals surface area contributed by atoms with E-state index in [1.807, 2.05) is 0 Å². The van der Waals surface area contributed by atoms with Crippen molar-refractivity contribution in [2.45, 2.75) is 6.10 Å². The van der Waals surface area contributed by atoms with Crippen LogP contribution in [0.2, 0.25) is 0 Å². The average molecular weight is 254 g/mol. The Morgan fingerprint density at radius 1 is 1.33 bits per heavy atom. The van der Waals surface area contributed by atoms with Gasteiger partial charge in [-0.2, -0.15) is 0 Å². The number of nitrogens with one attached hydrogen (secondary N) is 1. The SMILES string of the molecule is O=C(ON1CCNCC1)C(O)c1ccc(F)cc1. The second kappa shape index (κ2) is 5.90. The molecule has 2 rings (SSSR count). The molecule has 0 aromatic heterocycles. The molecule has 1 fully saturated rings. The van der Waals surface area contributed by atoms with Crippen LogP contribution >= 0.6 is 0 Å². The summed E-state index contributed by atoms with van der Waals surface area (Å²) < 4.78 is 12.7. The first-order valence-electron chi connectivity index (χ1n) is 5.78. The molecule has 1 heterocycles. The summed E-state index contributed by atoms with van der Waals surface area (Å²) >= 11 is 0.